The van der Waals surface area contributed by atoms with Crippen molar-refractivity contribution in [2.75, 3.05) is 19.6 Å². The molecule has 1 aliphatic heterocycles. The molecule has 0 amide bonds. The van der Waals surface area contributed by atoms with Crippen LogP contribution in [0.5, 0.6) is 0 Å². The van der Waals surface area contributed by atoms with Gasteiger partial charge in [-0.25, -0.2) is 13.8 Å². The van der Waals surface area contributed by atoms with Gasteiger partial charge in [0.25, 0.3) is 5.56 Å². The van der Waals surface area contributed by atoms with Crippen LogP contribution >= 0.6 is 12.4 Å². The molecule has 1 aliphatic rings. The number of benzene rings is 2. The lowest BCUT2D eigenvalue weighted by molar-refractivity contribution is 0.211. The van der Waals surface area contributed by atoms with Crippen molar-refractivity contribution in [1.29, 1.82) is 0 Å². The van der Waals surface area contributed by atoms with Gasteiger partial charge in [0.1, 0.15) is 17.5 Å². The van der Waals surface area contributed by atoms with E-state index in [4.69, 9.17) is 0 Å². The van der Waals surface area contributed by atoms with Crippen molar-refractivity contribution < 1.29 is 8.78 Å². The maximum absolute atomic E-state index is 13.5. The Morgan fingerprint density at radius 3 is 2.52 bits per heavy atom. The van der Waals surface area contributed by atoms with E-state index in [1.807, 2.05) is 12.3 Å². The predicted octanol–water partition coefficient (Wildman–Crippen LogP) is 4.53. The lowest BCUT2D eigenvalue weighted by Gasteiger charge is -2.31. The van der Waals surface area contributed by atoms with Crippen molar-refractivity contribution in [3.8, 4) is 0 Å². The Morgan fingerprint density at radius 2 is 1.74 bits per heavy atom. The number of hydrogen-bond donors (Lipinski definition) is 2. The van der Waals surface area contributed by atoms with Crippen LogP contribution in [-0.4, -0.2) is 39.5 Å². The molecule has 0 bridgehead atoms. The number of rotatable bonds is 4. The highest BCUT2D eigenvalue weighted by Crippen LogP contribution is 2.27. The third-order valence-electron chi connectivity index (χ3n) is 6.09. The lowest BCUT2D eigenvalue weighted by Crippen LogP contribution is -2.35. The number of nitrogens with one attached hydrogen (secondary N) is 2. The van der Waals surface area contributed by atoms with Gasteiger partial charge in [0.05, 0.1) is 10.9 Å². The maximum Gasteiger partial charge on any atom is 0.258 e. The molecule has 3 heterocycles. The molecule has 5 nitrogen and oxygen atoms in total. The molecule has 4 aromatic rings. The van der Waals surface area contributed by atoms with Crippen LogP contribution in [0.25, 0.3) is 21.8 Å². The summed E-state index contributed by atoms with van der Waals surface area (Å²) in [5.74, 6) is 0.191. The van der Waals surface area contributed by atoms with Crippen LogP contribution in [0.1, 0.15) is 30.1 Å². The molecule has 0 aliphatic carbocycles. The number of H-pyrrole nitrogens is 2. The average molecular weight is 445 g/mol. The number of hydrogen-bond acceptors (Lipinski definition) is 3. The summed E-state index contributed by atoms with van der Waals surface area (Å²) in [6, 6.07) is 8.91. The predicted molar refractivity (Wildman–Crippen MR) is 120 cm³/mol. The molecule has 0 unspecified atom stereocenters. The molecule has 162 valence electrons. The van der Waals surface area contributed by atoms with Gasteiger partial charge < -0.3 is 14.9 Å². The summed E-state index contributed by atoms with van der Waals surface area (Å²) in [5, 5.41) is 1.48. The van der Waals surface area contributed by atoms with Crippen molar-refractivity contribution >= 4 is 34.2 Å². The Morgan fingerprint density at radius 1 is 1.03 bits per heavy atom. The first-order valence-electron chi connectivity index (χ1n) is 10.2. The Bertz CT molecular complexity index is 1280. The summed E-state index contributed by atoms with van der Waals surface area (Å²) in [4.78, 5) is 25.3. The van der Waals surface area contributed by atoms with Crippen LogP contribution in [0.15, 0.2) is 47.4 Å². The second kappa shape index (κ2) is 8.77. The van der Waals surface area contributed by atoms with Gasteiger partial charge in [-0.2, -0.15) is 0 Å². The Balaban J connectivity index is 0.00000231. The molecule has 1 saturated heterocycles. The van der Waals surface area contributed by atoms with Crippen molar-refractivity contribution in [2.24, 2.45) is 0 Å². The van der Waals surface area contributed by atoms with Gasteiger partial charge in [-0.3, -0.25) is 4.79 Å². The van der Waals surface area contributed by atoms with Crippen LogP contribution in [0.2, 0.25) is 0 Å². The second-order valence-electron chi connectivity index (χ2n) is 7.98. The highest BCUT2D eigenvalue weighted by atomic mass is 35.5. The summed E-state index contributed by atoms with van der Waals surface area (Å²) < 4.78 is 26.9. The fourth-order valence-corrected chi connectivity index (χ4v) is 4.40. The van der Waals surface area contributed by atoms with Crippen molar-refractivity contribution in [3.63, 3.8) is 0 Å². The molecule has 31 heavy (non-hydrogen) atoms. The molecule has 2 N–H and O–H groups in total. The summed E-state index contributed by atoms with van der Waals surface area (Å²) in [5.41, 5.74) is 2.21. The van der Waals surface area contributed by atoms with E-state index in [2.05, 4.69) is 19.9 Å². The van der Waals surface area contributed by atoms with Gasteiger partial charge in [0.15, 0.2) is 0 Å². The Kier molecular flexibility index (Phi) is 6.07. The van der Waals surface area contributed by atoms with E-state index in [1.54, 1.807) is 0 Å². The molecule has 8 heteroatoms. The first kappa shape index (κ1) is 21.5. The van der Waals surface area contributed by atoms with E-state index < -0.39 is 0 Å². The number of likely N-dealkylation sites (tertiary alicyclic amines) is 1. The number of fused-ring (bicyclic) bond motifs is 2. The topological polar surface area (TPSA) is 64.8 Å². The SMILES string of the molecule is Cl.O=c1[nH]c(C2CCN(CCc3c[nH]c4cc(F)ccc34)CC2)nc2cc(F)ccc12. The van der Waals surface area contributed by atoms with Crippen LogP contribution in [0.4, 0.5) is 8.78 Å². The zero-order chi connectivity index (χ0) is 20.7. The minimum Gasteiger partial charge on any atom is -0.361 e. The van der Waals surface area contributed by atoms with Crippen LogP contribution in [0, 0.1) is 11.6 Å². The summed E-state index contributed by atoms with van der Waals surface area (Å²) >= 11 is 0. The molecular weight excluding hydrogens is 422 g/mol. The van der Waals surface area contributed by atoms with Crippen LogP contribution in [-0.2, 0) is 6.42 Å². The molecule has 0 spiro atoms. The molecule has 2 aromatic carbocycles. The van der Waals surface area contributed by atoms with Crippen molar-refractivity contribution in [1.82, 2.24) is 19.9 Å². The normalized spacial score (nSPS) is 15.4. The highest BCUT2D eigenvalue weighted by Gasteiger charge is 2.23. The molecular formula is C23H23ClF2N4O. The van der Waals surface area contributed by atoms with Crippen LogP contribution < -0.4 is 5.56 Å². The molecule has 0 radical (unpaired) electrons. The number of halogens is 3. The third-order valence-corrected chi connectivity index (χ3v) is 6.09. The lowest BCUT2D eigenvalue weighted by atomic mass is 9.95. The third kappa shape index (κ3) is 4.34. The summed E-state index contributed by atoms with van der Waals surface area (Å²) in [6.07, 6.45) is 4.63. The van der Waals surface area contributed by atoms with Crippen molar-refractivity contribution in [3.05, 3.63) is 76.0 Å². The summed E-state index contributed by atoms with van der Waals surface area (Å²) in [6.45, 7) is 2.74. The van der Waals surface area contributed by atoms with E-state index in [0.717, 1.165) is 49.8 Å². The van der Waals surface area contributed by atoms with Crippen LogP contribution in [0.3, 0.4) is 0 Å². The molecule has 0 atom stereocenters. The maximum atomic E-state index is 13.5. The molecule has 0 saturated carbocycles. The Hall–Kier alpha value is -2.77. The van der Waals surface area contributed by atoms with Gasteiger partial charge >= 0.3 is 0 Å². The first-order chi connectivity index (χ1) is 14.6. The van der Waals surface area contributed by atoms with E-state index >= 15 is 0 Å². The van der Waals surface area contributed by atoms with E-state index in [1.165, 1.54) is 35.9 Å². The van der Waals surface area contributed by atoms with Gasteiger partial charge in [0.2, 0.25) is 0 Å². The number of nitrogens with zero attached hydrogens (tertiary/aromatic N) is 2. The summed E-state index contributed by atoms with van der Waals surface area (Å²) in [7, 11) is 0. The minimum atomic E-state index is -0.388. The fourth-order valence-electron chi connectivity index (χ4n) is 4.40. The molecule has 2 aromatic heterocycles. The van der Waals surface area contributed by atoms with Gasteiger partial charge in [-0.1, -0.05) is 0 Å². The molecule has 5 rings (SSSR count). The van der Waals surface area contributed by atoms with E-state index in [-0.39, 0.29) is 35.5 Å². The first-order valence-corrected chi connectivity index (χ1v) is 10.2. The van der Waals surface area contributed by atoms with Gasteiger partial charge in [-0.05, 0) is 68.2 Å². The van der Waals surface area contributed by atoms with Gasteiger partial charge in [0, 0.05) is 35.6 Å². The second-order valence-corrected chi connectivity index (χ2v) is 7.98. The number of aromatic nitrogens is 3. The number of aromatic amines is 2. The average Bonchev–Trinajstić information content (AvgIpc) is 3.14. The fraction of sp³-hybridized carbons (Fsp3) is 0.304. The standard InChI is InChI=1S/C23H22F2N4O.ClH/c24-16-1-3-18-15(13-26-20(18)11-16)7-10-29-8-5-14(6-9-29)22-27-21-12-17(25)2-4-19(21)23(30)28-22;/h1-4,11-14,26H,5-10H2,(H,27,28,30);1H. The number of piperidine rings is 1. The minimum absolute atomic E-state index is 0. The largest absolute Gasteiger partial charge is 0.361 e. The quantitative estimate of drug-likeness (QED) is 0.486. The zero-order valence-corrected chi connectivity index (χ0v) is 17.6. The van der Waals surface area contributed by atoms with E-state index in [9.17, 15) is 13.6 Å². The highest BCUT2D eigenvalue weighted by molar-refractivity contribution is 5.85. The van der Waals surface area contributed by atoms with Gasteiger partial charge in [-0.15, -0.1) is 12.4 Å². The molecule has 1 fully saturated rings. The smallest absolute Gasteiger partial charge is 0.258 e. The van der Waals surface area contributed by atoms with E-state index in [0.29, 0.717) is 16.7 Å². The monoisotopic (exact) mass is 444 g/mol. The Labute approximate surface area is 183 Å². The zero-order valence-electron chi connectivity index (χ0n) is 16.8. The van der Waals surface area contributed by atoms with Crippen molar-refractivity contribution in [2.45, 2.75) is 25.2 Å².